The quantitative estimate of drug-likeness (QED) is 0.839. The van der Waals surface area contributed by atoms with Gasteiger partial charge in [0.1, 0.15) is 0 Å². The normalized spacial score (nSPS) is 23.9. The van der Waals surface area contributed by atoms with Crippen LogP contribution >= 0.6 is 11.6 Å². The zero-order valence-corrected chi connectivity index (χ0v) is 11.0. The summed E-state index contributed by atoms with van der Waals surface area (Å²) in [5, 5.41) is 7.32. The number of nitrogens with one attached hydrogen (secondary N) is 1. The van der Waals surface area contributed by atoms with Crippen molar-refractivity contribution in [1.82, 2.24) is 15.1 Å². The van der Waals surface area contributed by atoms with Crippen LogP contribution in [0.5, 0.6) is 0 Å². The highest BCUT2D eigenvalue weighted by atomic mass is 35.5. The van der Waals surface area contributed by atoms with Crippen molar-refractivity contribution in [1.29, 1.82) is 0 Å². The van der Waals surface area contributed by atoms with E-state index in [1.807, 2.05) is 14.0 Å². The molecular formula is C12H18ClN3O. The summed E-state index contributed by atoms with van der Waals surface area (Å²) in [6.07, 6.45) is 4.80. The first kappa shape index (κ1) is 12.4. The molecule has 94 valence electrons. The van der Waals surface area contributed by atoms with Gasteiger partial charge < -0.3 is 5.32 Å². The largest absolute Gasteiger partial charge is 0.352 e. The zero-order valence-electron chi connectivity index (χ0n) is 10.2. The average Bonchev–Trinajstić information content (AvgIpc) is 2.84. The first-order valence-corrected chi connectivity index (χ1v) is 6.42. The predicted molar refractivity (Wildman–Crippen MR) is 67.3 cm³/mol. The van der Waals surface area contributed by atoms with Gasteiger partial charge in [0.2, 0.25) is 0 Å². The van der Waals surface area contributed by atoms with Crippen molar-refractivity contribution >= 4 is 17.5 Å². The van der Waals surface area contributed by atoms with E-state index in [1.165, 1.54) is 0 Å². The second-order valence-electron chi connectivity index (χ2n) is 4.75. The van der Waals surface area contributed by atoms with Crippen molar-refractivity contribution in [2.24, 2.45) is 13.0 Å². The summed E-state index contributed by atoms with van der Waals surface area (Å²) in [6, 6.07) is 0. The number of alkyl halides is 1. The molecule has 1 saturated carbocycles. The van der Waals surface area contributed by atoms with Gasteiger partial charge in [0.25, 0.3) is 5.91 Å². The molecule has 1 aromatic heterocycles. The Morgan fingerprint density at radius 1 is 1.65 bits per heavy atom. The second-order valence-corrected chi connectivity index (χ2v) is 5.37. The third-order valence-corrected chi connectivity index (χ3v) is 3.90. The highest BCUT2D eigenvalue weighted by Crippen LogP contribution is 2.28. The number of aryl methyl sites for hydroxylation is 1. The molecule has 0 bridgehead atoms. The van der Waals surface area contributed by atoms with Gasteiger partial charge in [0.05, 0.1) is 11.8 Å². The molecule has 2 atom stereocenters. The van der Waals surface area contributed by atoms with E-state index in [2.05, 4.69) is 10.4 Å². The Hall–Kier alpha value is -1.03. The van der Waals surface area contributed by atoms with Crippen LogP contribution in [0.15, 0.2) is 6.20 Å². The van der Waals surface area contributed by atoms with E-state index in [-0.39, 0.29) is 11.3 Å². The molecule has 0 saturated heterocycles. The standard InChI is InChI=1S/C12H18ClN3O/c1-8-11(7-15-16(8)2)12(17)14-6-9-3-4-10(13)5-9/h7,9-10H,3-6H2,1-2H3,(H,14,17). The van der Waals surface area contributed by atoms with E-state index in [0.717, 1.165) is 31.5 Å². The summed E-state index contributed by atoms with van der Waals surface area (Å²) >= 11 is 6.04. The predicted octanol–water partition coefficient (Wildman–Crippen LogP) is 1.87. The fourth-order valence-electron chi connectivity index (χ4n) is 2.25. The topological polar surface area (TPSA) is 46.9 Å². The maximum absolute atomic E-state index is 11.9. The zero-order chi connectivity index (χ0) is 12.4. The summed E-state index contributed by atoms with van der Waals surface area (Å²) in [5.74, 6) is 0.493. The number of rotatable bonds is 3. The molecule has 1 aliphatic carbocycles. The molecule has 0 spiro atoms. The Balaban J connectivity index is 1.87. The lowest BCUT2D eigenvalue weighted by Gasteiger charge is -2.10. The van der Waals surface area contributed by atoms with Gasteiger partial charge in [0, 0.05) is 24.7 Å². The lowest BCUT2D eigenvalue weighted by Crippen LogP contribution is -2.28. The van der Waals surface area contributed by atoms with Crippen molar-refractivity contribution in [3.05, 3.63) is 17.5 Å². The Morgan fingerprint density at radius 2 is 2.41 bits per heavy atom. The Bertz CT molecular complexity index is 416. The smallest absolute Gasteiger partial charge is 0.254 e. The first-order valence-electron chi connectivity index (χ1n) is 5.98. The maximum atomic E-state index is 11.9. The van der Waals surface area contributed by atoms with Crippen LogP contribution < -0.4 is 5.32 Å². The van der Waals surface area contributed by atoms with Crippen molar-refractivity contribution in [3.63, 3.8) is 0 Å². The summed E-state index contributed by atoms with van der Waals surface area (Å²) in [7, 11) is 1.83. The first-order chi connectivity index (χ1) is 8.08. The Morgan fingerprint density at radius 3 is 2.94 bits per heavy atom. The number of hydrogen-bond donors (Lipinski definition) is 1. The number of halogens is 1. The number of aromatic nitrogens is 2. The van der Waals surface area contributed by atoms with Gasteiger partial charge in [-0.15, -0.1) is 11.6 Å². The molecule has 0 aromatic carbocycles. The van der Waals surface area contributed by atoms with Crippen LogP contribution in [0.2, 0.25) is 0 Å². The summed E-state index contributed by atoms with van der Waals surface area (Å²) in [6.45, 7) is 2.61. The van der Waals surface area contributed by atoms with E-state index < -0.39 is 0 Å². The molecule has 1 aliphatic rings. The van der Waals surface area contributed by atoms with Crippen LogP contribution in [0, 0.1) is 12.8 Å². The van der Waals surface area contributed by atoms with Crippen LogP contribution in [0.1, 0.15) is 35.3 Å². The molecule has 4 nitrogen and oxygen atoms in total. The lowest BCUT2D eigenvalue weighted by atomic mass is 10.1. The fraction of sp³-hybridized carbons (Fsp3) is 0.667. The SMILES string of the molecule is Cc1c(C(=O)NCC2CCC(Cl)C2)cnn1C. The third-order valence-electron chi connectivity index (χ3n) is 3.51. The van der Waals surface area contributed by atoms with E-state index in [4.69, 9.17) is 11.6 Å². The monoisotopic (exact) mass is 255 g/mol. The molecule has 1 N–H and O–H groups in total. The van der Waals surface area contributed by atoms with E-state index in [9.17, 15) is 4.79 Å². The molecule has 2 unspecified atom stereocenters. The van der Waals surface area contributed by atoms with E-state index in [0.29, 0.717) is 11.5 Å². The summed E-state index contributed by atoms with van der Waals surface area (Å²) in [4.78, 5) is 11.9. The molecular weight excluding hydrogens is 238 g/mol. The minimum atomic E-state index is -0.0337. The van der Waals surface area contributed by atoms with Crippen LogP contribution in [0.4, 0.5) is 0 Å². The molecule has 0 radical (unpaired) electrons. The maximum Gasteiger partial charge on any atom is 0.254 e. The van der Waals surface area contributed by atoms with Crippen molar-refractivity contribution in [3.8, 4) is 0 Å². The Kier molecular flexibility index (Phi) is 3.72. The van der Waals surface area contributed by atoms with Crippen LogP contribution in [-0.2, 0) is 7.05 Å². The highest BCUT2D eigenvalue weighted by molar-refractivity contribution is 6.20. The van der Waals surface area contributed by atoms with Gasteiger partial charge in [-0.3, -0.25) is 9.48 Å². The molecule has 1 amide bonds. The van der Waals surface area contributed by atoms with Gasteiger partial charge in [-0.2, -0.15) is 5.10 Å². The van der Waals surface area contributed by atoms with E-state index >= 15 is 0 Å². The number of carbonyl (C=O) groups excluding carboxylic acids is 1. The number of hydrogen-bond acceptors (Lipinski definition) is 2. The summed E-state index contributed by atoms with van der Waals surface area (Å²) in [5.41, 5.74) is 1.55. The number of nitrogens with zero attached hydrogens (tertiary/aromatic N) is 2. The minimum absolute atomic E-state index is 0.0337. The van der Waals surface area contributed by atoms with Crippen LogP contribution in [0.3, 0.4) is 0 Å². The number of amides is 1. The molecule has 5 heteroatoms. The number of carbonyl (C=O) groups is 1. The average molecular weight is 256 g/mol. The molecule has 0 aliphatic heterocycles. The molecule has 2 rings (SSSR count). The highest BCUT2D eigenvalue weighted by Gasteiger charge is 2.23. The van der Waals surface area contributed by atoms with Crippen molar-refractivity contribution < 1.29 is 4.79 Å². The molecule has 17 heavy (non-hydrogen) atoms. The van der Waals surface area contributed by atoms with Gasteiger partial charge in [-0.05, 0) is 32.1 Å². The van der Waals surface area contributed by atoms with Gasteiger partial charge >= 0.3 is 0 Å². The molecule has 1 heterocycles. The lowest BCUT2D eigenvalue weighted by molar-refractivity contribution is 0.0946. The van der Waals surface area contributed by atoms with Crippen molar-refractivity contribution in [2.45, 2.75) is 31.6 Å². The molecule has 1 fully saturated rings. The van der Waals surface area contributed by atoms with Gasteiger partial charge in [-0.25, -0.2) is 0 Å². The molecule has 1 aromatic rings. The fourth-order valence-corrected chi connectivity index (χ4v) is 2.63. The van der Waals surface area contributed by atoms with Gasteiger partial charge in [-0.1, -0.05) is 0 Å². The minimum Gasteiger partial charge on any atom is -0.352 e. The Labute approximate surface area is 106 Å². The van der Waals surface area contributed by atoms with Crippen molar-refractivity contribution in [2.75, 3.05) is 6.54 Å². The van der Waals surface area contributed by atoms with Crippen LogP contribution in [-0.4, -0.2) is 27.6 Å². The van der Waals surface area contributed by atoms with Crippen LogP contribution in [0.25, 0.3) is 0 Å². The summed E-state index contributed by atoms with van der Waals surface area (Å²) < 4.78 is 1.71. The van der Waals surface area contributed by atoms with Gasteiger partial charge in [0.15, 0.2) is 0 Å². The third kappa shape index (κ3) is 2.80. The second kappa shape index (κ2) is 5.08. The van der Waals surface area contributed by atoms with E-state index in [1.54, 1.807) is 10.9 Å².